The number of carbonyl (C=O) groups excluding carboxylic acids is 3. The maximum atomic E-state index is 12.6. The minimum Gasteiger partial charge on any atom is -0.379 e. The molecule has 6 rings (SSSR count). The van der Waals surface area contributed by atoms with Crippen LogP contribution in [0.25, 0.3) is 11.6 Å². The van der Waals surface area contributed by atoms with Crippen LogP contribution in [0.4, 0.5) is 5.69 Å². The lowest BCUT2D eigenvalue weighted by atomic mass is 10.0. The van der Waals surface area contributed by atoms with Gasteiger partial charge in [0.1, 0.15) is 0 Å². The van der Waals surface area contributed by atoms with Gasteiger partial charge in [-0.2, -0.15) is 0 Å². The van der Waals surface area contributed by atoms with Crippen molar-refractivity contribution in [3.63, 3.8) is 0 Å². The number of morpholine rings is 1. The number of nitrogens with one attached hydrogen (secondary N) is 2. The summed E-state index contributed by atoms with van der Waals surface area (Å²) in [6.45, 7) is 4.46. The van der Waals surface area contributed by atoms with Gasteiger partial charge in [0, 0.05) is 42.8 Å². The molecule has 3 aliphatic heterocycles. The number of aromatic amines is 1. The van der Waals surface area contributed by atoms with Crippen LogP contribution in [-0.2, 0) is 32.2 Å². The average molecular weight is 432 g/mol. The second-order valence-electron chi connectivity index (χ2n) is 8.96. The van der Waals surface area contributed by atoms with E-state index < -0.39 is 0 Å². The average Bonchev–Trinajstić information content (AvgIpc) is 3.31. The molecule has 0 spiro atoms. The van der Waals surface area contributed by atoms with Crippen LogP contribution in [0, 0.1) is 11.8 Å². The normalized spacial score (nSPS) is 25.9. The number of aromatic nitrogens is 1. The monoisotopic (exact) mass is 432 g/mol. The second-order valence-corrected chi connectivity index (χ2v) is 8.96. The fraction of sp³-hybridized carbons (Fsp3) is 0.375. The van der Waals surface area contributed by atoms with Gasteiger partial charge in [-0.3, -0.25) is 24.2 Å². The van der Waals surface area contributed by atoms with Gasteiger partial charge in [0.15, 0.2) is 0 Å². The Labute approximate surface area is 185 Å². The third-order valence-electron chi connectivity index (χ3n) is 6.74. The molecule has 1 saturated carbocycles. The summed E-state index contributed by atoms with van der Waals surface area (Å²) >= 11 is 0. The zero-order valence-corrected chi connectivity index (χ0v) is 17.6. The highest BCUT2D eigenvalue weighted by atomic mass is 16.5. The Bertz CT molecular complexity index is 1140. The van der Waals surface area contributed by atoms with E-state index in [0.29, 0.717) is 12.0 Å². The molecular weight excluding hydrogens is 408 g/mol. The first kappa shape index (κ1) is 19.5. The molecule has 3 amide bonds. The standard InChI is InChI=1S/C24H24N4O4/c29-22-18(9-16-7-15(11-25-16)12-27-3-5-32-6-4-27)17-8-14(1-2-21(17)26-22)13-28-23(30)19-10-20(19)24(28)31/h1-2,7-9,11,19-20,25H,3-6,10,12-13H2,(H,26,29)/b18-9-/t19-,20+. The molecule has 2 N–H and O–H groups in total. The van der Waals surface area contributed by atoms with Crippen LogP contribution >= 0.6 is 0 Å². The third kappa shape index (κ3) is 3.36. The molecule has 0 unspecified atom stereocenters. The fourth-order valence-corrected chi connectivity index (χ4v) is 4.87. The molecule has 0 radical (unpaired) electrons. The van der Waals surface area contributed by atoms with Gasteiger partial charge >= 0.3 is 0 Å². The number of imide groups is 1. The van der Waals surface area contributed by atoms with Crippen molar-refractivity contribution in [1.29, 1.82) is 0 Å². The first-order valence-electron chi connectivity index (χ1n) is 11.1. The van der Waals surface area contributed by atoms with Crippen LogP contribution in [0.3, 0.4) is 0 Å². The van der Waals surface area contributed by atoms with Crippen molar-refractivity contribution in [2.75, 3.05) is 31.6 Å². The highest BCUT2D eigenvalue weighted by molar-refractivity contribution is 6.34. The van der Waals surface area contributed by atoms with Crippen LogP contribution in [0.5, 0.6) is 0 Å². The fourth-order valence-electron chi connectivity index (χ4n) is 4.87. The highest BCUT2D eigenvalue weighted by Crippen LogP contribution is 2.47. The molecule has 1 aliphatic carbocycles. The minimum atomic E-state index is -0.156. The molecule has 8 heteroatoms. The van der Waals surface area contributed by atoms with E-state index in [1.807, 2.05) is 30.5 Å². The molecular formula is C24H24N4O4. The number of hydrogen-bond acceptors (Lipinski definition) is 5. The van der Waals surface area contributed by atoms with Crippen molar-refractivity contribution >= 4 is 35.1 Å². The SMILES string of the molecule is O=C1Nc2ccc(CN3C(=O)[C@H]4C[C@H]4C3=O)cc2/C1=C/c1cc(CN2CCOCC2)c[nH]1. The van der Waals surface area contributed by atoms with Crippen LogP contribution in [0.15, 0.2) is 30.5 Å². The van der Waals surface area contributed by atoms with E-state index in [2.05, 4.69) is 21.3 Å². The predicted molar refractivity (Wildman–Crippen MR) is 117 cm³/mol. The summed E-state index contributed by atoms with van der Waals surface area (Å²) in [6, 6.07) is 7.67. The van der Waals surface area contributed by atoms with Gasteiger partial charge in [-0.1, -0.05) is 6.07 Å². The van der Waals surface area contributed by atoms with E-state index in [4.69, 9.17) is 4.74 Å². The van der Waals surface area contributed by atoms with Crippen molar-refractivity contribution in [3.8, 4) is 0 Å². The number of benzene rings is 1. The molecule has 2 saturated heterocycles. The van der Waals surface area contributed by atoms with Crippen molar-refractivity contribution < 1.29 is 19.1 Å². The smallest absolute Gasteiger partial charge is 0.256 e. The number of ether oxygens (including phenoxy) is 1. The van der Waals surface area contributed by atoms with E-state index in [1.54, 1.807) is 0 Å². The zero-order chi connectivity index (χ0) is 21.8. The summed E-state index contributed by atoms with van der Waals surface area (Å²) in [4.78, 5) is 44.2. The first-order valence-corrected chi connectivity index (χ1v) is 11.1. The molecule has 32 heavy (non-hydrogen) atoms. The molecule has 1 aromatic heterocycles. The zero-order valence-electron chi connectivity index (χ0n) is 17.6. The Morgan fingerprint density at radius 3 is 2.56 bits per heavy atom. The van der Waals surface area contributed by atoms with E-state index in [1.165, 1.54) is 4.90 Å². The number of H-pyrrole nitrogens is 1. The van der Waals surface area contributed by atoms with Gasteiger partial charge in [0.05, 0.1) is 37.2 Å². The third-order valence-corrected chi connectivity index (χ3v) is 6.74. The van der Waals surface area contributed by atoms with Crippen LogP contribution in [-0.4, -0.2) is 58.8 Å². The maximum Gasteiger partial charge on any atom is 0.256 e. The summed E-state index contributed by atoms with van der Waals surface area (Å²) in [5.41, 5.74) is 4.97. The van der Waals surface area contributed by atoms with Gasteiger partial charge in [0.25, 0.3) is 5.91 Å². The van der Waals surface area contributed by atoms with E-state index in [0.717, 1.165) is 60.9 Å². The number of nitrogens with zero attached hydrogens (tertiary/aromatic N) is 2. The minimum absolute atomic E-state index is 0.0651. The number of hydrogen-bond donors (Lipinski definition) is 2. The molecule has 1 aromatic carbocycles. The number of likely N-dealkylation sites (tertiary alicyclic amines) is 1. The Balaban J connectivity index is 1.22. The van der Waals surface area contributed by atoms with Gasteiger partial charge in [-0.05, 0) is 41.8 Å². The number of anilines is 1. The lowest BCUT2D eigenvalue weighted by Crippen LogP contribution is -2.35. The molecule has 164 valence electrons. The van der Waals surface area contributed by atoms with Crippen molar-refractivity contribution in [2.45, 2.75) is 19.5 Å². The largest absolute Gasteiger partial charge is 0.379 e. The van der Waals surface area contributed by atoms with Crippen molar-refractivity contribution in [3.05, 3.63) is 52.8 Å². The summed E-state index contributed by atoms with van der Waals surface area (Å²) < 4.78 is 5.40. The van der Waals surface area contributed by atoms with Crippen molar-refractivity contribution in [1.82, 2.24) is 14.8 Å². The van der Waals surface area contributed by atoms with Crippen LogP contribution in [0.2, 0.25) is 0 Å². The van der Waals surface area contributed by atoms with E-state index in [9.17, 15) is 14.4 Å². The predicted octanol–water partition coefficient (Wildman–Crippen LogP) is 1.84. The molecule has 3 fully saturated rings. The Hall–Kier alpha value is -3.23. The highest BCUT2D eigenvalue weighted by Gasteiger charge is 2.58. The van der Waals surface area contributed by atoms with Gasteiger partial charge in [-0.15, -0.1) is 0 Å². The van der Waals surface area contributed by atoms with Crippen LogP contribution < -0.4 is 5.32 Å². The topological polar surface area (TPSA) is 94.7 Å². The Morgan fingerprint density at radius 2 is 1.78 bits per heavy atom. The first-order chi connectivity index (χ1) is 15.6. The van der Waals surface area contributed by atoms with Gasteiger partial charge < -0.3 is 15.0 Å². The summed E-state index contributed by atoms with van der Waals surface area (Å²) in [5, 5.41) is 2.90. The molecule has 0 bridgehead atoms. The molecule has 4 heterocycles. The maximum absolute atomic E-state index is 12.6. The summed E-state index contributed by atoms with van der Waals surface area (Å²) in [5.74, 6) is -0.490. The number of carbonyl (C=O) groups is 3. The number of rotatable bonds is 5. The summed E-state index contributed by atoms with van der Waals surface area (Å²) in [6.07, 6.45) is 4.53. The Morgan fingerprint density at radius 1 is 1.00 bits per heavy atom. The number of amides is 3. The van der Waals surface area contributed by atoms with Gasteiger partial charge in [0.2, 0.25) is 11.8 Å². The van der Waals surface area contributed by atoms with Gasteiger partial charge in [-0.25, -0.2) is 0 Å². The lowest BCUT2D eigenvalue weighted by molar-refractivity contribution is -0.142. The second kappa shape index (κ2) is 7.43. The quantitative estimate of drug-likeness (QED) is 0.556. The number of fused-ring (bicyclic) bond motifs is 2. The summed E-state index contributed by atoms with van der Waals surface area (Å²) in [7, 11) is 0. The van der Waals surface area contributed by atoms with E-state index >= 15 is 0 Å². The van der Waals surface area contributed by atoms with Crippen LogP contribution in [0.1, 0.15) is 28.8 Å². The lowest BCUT2D eigenvalue weighted by Gasteiger charge is -2.25. The Kier molecular flexibility index (Phi) is 4.51. The number of piperidine rings is 1. The molecule has 8 nitrogen and oxygen atoms in total. The molecule has 2 atom stereocenters. The van der Waals surface area contributed by atoms with E-state index in [-0.39, 0.29) is 36.1 Å². The molecule has 4 aliphatic rings. The van der Waals surface area contributed by atoms with Crippen molar-refractivity contribution in [2.24, 2.45) is 11.8 Å². The molecule has 2 aromatic rings.